The molecule has 0 aromatic rings. The van der Waals surface area contributed by atoms with Crippen molar-refractivity contribution in [1.82, 2.24) is 0 Å². The van der Waals surface area contributed by atoms with Crippen LogP contribution in [0.3, 0.4) is 0 Å². The summed E-state index contributed by atoms with van der Waals surface area (Å²) in [6, 6.07) is 0. The molecule has 80 valence electrons. The van der Waals surface area contributed by atoms with E-state index in [-0.39, 0.29) is 0 Å². The Morgan fingerprint density at radius 1 is 1.08 bits per heavy atom. The van der Waals surface area contributed by atoms with Crippen LogP contribution in [0.1, 0.15) is 59.8 Å². The van der Waals surface area contributed by atoms with Gasteiger partial charge < -0.3 is 0 Å². The molecule has 0 aliphatic carbocycles. The van der Waals surface area contributed by atoms with E-state index >= 15 is 0 Å². The Morgan fingerprint density at radius 2 is 1.69 bits per heavy atom. The van der Waals surface area contributed by atoms with Crippen LogP contribution in [-0.2, 0) is 0 Å². The minimum Gasteiger partial charge on any atom is -0.247 e. The van der Waals surface area contributed by atoms with E-state index in [4.69, 9.17) is 0 Å². The van der Waals surface area contributed by atoms with E-state index in [1.807, 2.05) is 0 Å². The highest BCUT2D eigenvalue weighted by Gasteiger charge is 2.10. The third-order valence-corrected chi connectivity index (χ3v) is 2.65. The van der Waals surface area contributed by atoms with Crippen molar-refractivity contribution in [3.8, 4) is 0 Å². The highest BCUT2D eigenvalue weighted by atomic mass is 19.1. The van der Waals surface area contributed by atoms with E-state index in [2.05, 4.69) is 27.7 Å². The largest absolute Gasteiger partial charge is 0.247 e. The first-order valence-corrected chi connectivity index (χ1v) is 5.70. The first-order chi connectivity index (χ1) is 6.06. The number of hydrogen-bond acceptors (Lipinski definition) is 0. The van der Waals surface area contributed by atoms with Crippen molar-refractivity contribution >= 4 is 0 Å². The van der Waals surface area contributed by atoms with Gasteiger partial charge in [-0.3, -0.25) is 0 Å². The van der Waals surface area contributed by atoms with Gasteiger partial charge in [0.05, 0.1) is 0 Å². The summed E-state index contributed by atoms with van der Waals surface area (Å²) < 4.78 is 13.3. The fourth-order valence-electron chi connectivity index (χ4n) is 1.47. The van der Waals surface area contributed by atoms with Crippen LogP contribution in [-0.4, -0.2) is 6.17 Å². The van der Waals surface area contributed by atoms with E-state index < -0.39 is 6.17 Å². The van der Waals surface area contributed by atoms with Gasteiger partial charge in [0.2, 0.25) is 0 Å². The van der Waals surface area contributed by atoms with Crippen molar-refractivity contribution in [3.05, 3.63) is 0 Å². The van der Waals surface area contributed by atoms with Crippen molar-refractivity contribution < 1.29 is 4.39 Å². The molecule has 0 N–H and O–H groups in total. The predicted molar refractivity (Wildman–Crippen MR) is 57.7 cm³/mol. The van der Waals surface area contributed by atoms with Gasteiger partial charge in [0.25, 0.3) is 0 Å². The van der Waals surface area contributed by atoms with Crippen LogP contribution < -0.4 is 0 Å². The Labute approximate surface area is 82.9 Å². The maximum atomic E-state index is 13.3. The van der Waals surface area contributed by atoms with Gasteiger partial charge in [-0.1, -0.05) is 47.0 Å². The zero-order valence-corrected chi connectivity index (χ0v) is 9.65. The summed E-state index contributed by atoms with van der Waals surface area (Å²) in [5.41, 5.74) is 0. The molecular formula is C12H25F. The molecule has 0 amide bonds. The number of rotatable bonds is 7. The molecule has 0 rings (SSSR count). The average molecular weight is 188 g/mol. The average Bonchev–Trinajstić information content (AvgIpc) is 2.03. The Morgan fingerprint density at radius 3 is 2.15 bits per heavy atom. The molecule has 2 atom stereocenters. The van der Waals surface area contributed by atoms with Crippen molar-refractivity contribution in [1.29, 1.82) is 0 Å². The van der Waals surface area contributed by atoms with Crippen LogP contribution in [0.4, 0.5) is 4.39 Å². The normalized spacial score (nSPS) is 16.2. The molecule has 0 saturated carbocycles. The molecule has 0 radical (unpaired) electrons. The van der Waals surface area contributed by atoms with E-state index in [1.165, 1.54) is 6.42 Å². The van der Waals surface area contributed by atoms with E-state index in [0.717, 1.165) is 31.6 Å². The molecule has 0 bridgehead atoms. The molecule has 0 aromatic heterocycles. The van der Waals surface area contributed by atoms with Crippen molar-refractivity contribution in [3.63, 3.8) is 0 Å². The second-order valence-corrected chi connectivity index (χ2v) is 4.67. The minimum atomic E-state index is -0.561. The third-order valence-electron chi connectivity index (χ3n) is 2.65. The highest BCUT2D eigenvalue weighted by molar-refractivity contribution is 4.61. The summed E-state index contributed by atoms with van der Waals surface area (Å²) in [6.07, 6.45) is 4.28. The van der Waals surface area contributed by atoms with Crippen LogP contribution in [0.25, 0.3) is 0 Å². The minimum absolute atomic E-state index is 0.550. The third kappa shape index (κ3) is 8.27. The molecule has 2 unspecified atom stereocenters. The summed E-state index contributed by atoms with van der Waals surface area (Å²) in [4.78, 5) is 0. The molecule has 13 heavy (non-hydrogen) atoms. The SMILES string of the molecule is CCC(C)CC(F)CCCC(C)C. The highest BCUT2D eigenvalue weighted by Crippen LogP contribution is 2.18. The molecule has 0 aliphatic rings. The van der Waals surface area contributed by atoms with E-state index in [9.17, 15) is 4.39 Å². The molecule has 0 heterocycles. The summed E-state index contributed by atoms with van der Waals surface area (Å²) in [7, 11) is 0. The summed E-state index contributed by atoms with van der Waals surface area (Å²) in [5.74, 6) is 1.27. The molecule has 0 aliphatic heterocycles. The van der Waals surface area contributed by atoms with Crippen molar-refractivity contribution in [2.45, 2.75) is 66.0 Å². The van der Waals surface area contributed by atoms with Gasteiger partial charge >= 0.3 is 0 Å². The van der Waals surface area contributed by atoms with E-state index in [1.54, 1.807) is 0 Å². The maximum Gasteiger partial charge on any atom is 0.100 e. The fraction of sp³-hybridized carbons (Fsp3) is 1.00. The van der Waals surface area contributed by atoms with Gasteiger partial charge in [-0.15, -0.1) is 0 Å². The fourth-order valence-corrected chi connectivity index (χ4v) is 1.47. The van der Waals surface area contributed by atoms with Crippen LogP contribution >= 0.6 is 0 Å². The van der Waals surface area contributed by atoms with Crippen LogP contribution in [0.15, 0.2) is 0 Å². The lowest BCUT2D eigenvalue weighted by molar-refractivity contribution is 0.248. The number of halogens is 1. The molecule has 0 spiro atoms. The second-order valence-electron chi connectivity index (χ2n) is 4.67. The monoisotopic (exact) mass is 188 g/mol. The number of hydrogen-bond donors (Lipinski definition) is 0. The van der Waals surface area contributed by atoms with Gasteiger partial charge in [0, 0.05) is 0 Å². The van der Waals surface area contributed by atoms with Crippen molar-refractivity contribution in [2.75, 3.05) is 0 Å². The summed E-state index contributed by atoms with van der Waals surface area (Å²) in [5, 5.41) is 0. The zero-order valence-electron chi connectivity index (χ0n) is 9.65. The molecule has 0 nitrogen and oxygen atoms in total. The Balaban J connectivity index is 3.34. The van der Waals surface area contributed by atoms with Gasteiger partial charge in [0.1, 0.15) is 6.17 Å². The van der Waals surface area contributed by atoms with Gasteiger partial charge in [-0.05, 0) is 24.7 Å². The van der Waals surface area contributed by atoms with Crippen LogP contribution in [0, 0.1) is 11.8 Å². The maximum absolute atomic E-state index is 13.3. The number of alkyl halides is 1. The quantitative estimate of drug-likeness (QED) is 0.548. The molecule has 0 aromatic carbocycles. The van der Waals surface area contributed by atoms with Gasteiger partial charge in [-0.25, -0.2) is 4.39 Å². The van der Waals surface area contributed by atoms with Crippen LogP contribution in [0.2, 0.25) is 0 Å². The van der Waals surface area contributed by atoms with Crippen molar-refractivity contribution in [2.24, 2.45) is 11.8 Å². The Hall–Kier alpha value is -0.0700. The molecule has 0 saturated heterocycles. The zero-order chi connectivity index (χ0) is 10.3. The summed E-state index contributed by atoms with van der Waals surface area (Å²) in [6.45, 7) is 8.66. The Bertz CT molecular complexity index is 110. The smallest absolute Gasteiger partial charge is 0.100 e. The molecular weight excluding hydrogens is 163 g/mol. The summed E-state index contributed by atoms with van der Waals surface area (Å²) >= 11 is 0. The lowest BCUT2D eigenvalue weighted by atomic mass is 9.97. The Kier molecular flexibility index (Phi) is 7.31. The van der Waals surface area contributed by atoms with Gasteiger partial charge in [0.15, 0.2) is 0 Å². The molecule has 0 fully saturated rings. The predicted octanol–water partition coefficient (Wildman–Crippen LogP) is 4.59. The van der Waals surface area contributed by atoms with E-state index in [0.29, 0.717) is 5.92 Å². The standard InChI is InChI=1S/C12H25F/c1-5-11(4)9-12(13)8-6-7-10(2)3/h10-12H,5-9H2,1-4H3. The lowest BCUT2D eigenvalue weighted by Gasteiger charge is -2.13. The first-order valence-electron chi connectivity index (χ1n) is 5.70. The topological polar surface area (TPSA) is 0 Å². The second kappa shape index (κ2) is 7.34. The lowest BCUT2D eigenvalue weighted by Crippen LogP contribution is -2.06. The molecule has 1 heteroatoms. The first kappa shape index (κ1) is 12.9. The van der Waals surface area contributed by atoms with Crippen LogP contribution in [0.5, 0.6) is 0 Å². The van der Waals surface area contributed by atoms with Gasteiger partial charge in [-0.2, -0.15) is 0 Å².